The highest BCUT2D eigenvalue weighted by molar-refractivity contribution is 9.10. The molecule has 0 aliphatic rings. The number of rotatable bonds is 3. The minimum absolute atomic E-state index is 0.0818. The third-order valence-electron chi connectivity index (χ3n) is 3.01. The van der Waals surface area contributed by atoms with Crippen molar-refractivity contribution in [2.24, 2.45) is 0 Å². The van der Waals surface area contributed by atoms with Crippen LogP contribution in [0, 0.1) is 15.9 Å². The molecular weight excluding hydrogens is 355 g/mol. The van der Waals surface area contributed by atoms with Crippen molar-refractivity contribution in [3.63, 3.8) is 0 Å². The summed E-state index contributed by atoms with van der Waals surface area (Å²) in [7, 11) is 0. The van der Waals surface area contributed by atoms with Crippen LogP contribution >= 0.6 is 15.9 Å². The number of nitro groups is 1. The standard InChI is InChI=1S/C14H8BrFN4O2/c15-8-1-3-13(11(16)5-8)19-14-10-6-9(20(21)22)2-4-12(10)17-7-18-14/h1-7H,(H,17,18,19). The Kier molecular flexibility index (Phi) is 3.68. The molecule has 1 aromatic heterocycles. The molecule has 0 radical (unpaired) electrons. The van der Waals surface area contributed by atoms with Crippen molar-refractivity contribution in [3.8, 4) is 0 Å². The molecule has 8 heteroatoms. The molecule has 2 aromatic carbocycles. The number of halogens is 2. The molecule has 0 aliphatic heterocycles. The van der Waals surface area contributed by atoms with Gasteiger partial charge in [0.15, 0.2) is 0 Å². The lowest BCUT2D eigenvalue weighted by Gasteiger charge is -2.09. The number of anilines is 2. The molecule has 1 heterocycles. The Labute approximate surface area is 132 Å². The maximum absolute atomic E-state index is 13.9. The fraction of sp³-hybridized carbons (Fsp3) is 0. The summed E-state index contributed by atoms with van der Waals surface area (Å²) >= 11 is 3.18. The van der Waals surface area contributed by atoms with Crippen LogP contribution in [0.25, 0.3) is 10.9 Å². The summed E-state index contributed by atoms with van der Waals surface area (Å²) < 4.78 is 14.5. The zero-order valence-electron chi connectivity index (χ0n) is 11.0. The molecule has 0 unspecified atom stereocenters. The van der Waals surface area contributed by atoms with Crippen molar-refractivity contribution in [1.29, 1.82) is 0 Å². The molecule has 0 bridgehead atoms. The summed E-state index contributed by atoms with van der Waals surface area (Å²) in [4.78, 5) is 18.5. The fourth-order valence-corrected chi connectivity index (χ4v) is 2.31. The zero-order valence-corrected chi connectivity index (χ0v) is 12.5. The topological polar surface area (TPSA) is 81.0 Å². The SMILES string of the molecule is O=[N+]([O-])c1ccc2ncnc(Nc3ccc(Br)cc3F)c2c1. The number of hydrogen-bond acceptors (Lipinski definition) is 5. The van der Waals surface area contributed by atoms with E-state index in [1.165, 1.54) is 30.6 Å². The first-order valence-corrected chi connectivity index (χ1v) is 6.95. The fourth-order valence-electron chi connectivity index (χ4n) is 1.98. The summed E-state index contributed by atoms with van der Waals surface area (Å²) in [5.74, 6) is -0.165. The van der Waals surface area contributed by atoms with Gasteiger partial charge < -0.3 is 5.32 Å². The number of fused-ring (bicyclic) bond motifs is 1. The predicted molar refractivity (Wildman–Crippen MR) is 83.6 cm³/mol. The Morgan fingerprint density at radius 2 is 2.00 bits per heavy atom. The molecule has 22 heavy (non-hydrogen) atoms. The Morgan fingerprint density at radius 1 is 1.18 bits per heavy atom. The van der Waals surface area contributed by atoms with E-state index in [0.717, 1.165) is 0 Å². The smallest absolute Gasteiger partial charge is 0.270 e. The van der Waals surface area contributed by atoms with Crippen molar-refractivity contribution in [3.05, 3.63) is 63.1 Å². The number of hydrogen-bond donors (Lipinski definition) is 1. The van der Waals surface area contributed by atoms with Crippen LogP contribution in [0.5, 0.6) is 0 Å². The first-order chi connectivity index (χ1) is 10.5. The molecule has 0 saturated carbocycles. The highest BCUT2D eigenvalue weighted by Crippen LogP contribution is 2.28. The zero-order chi connectivity index (χ0) is 15.7. The number of benzene rings is 2. The molecule has 0 spiro atoms. The summed E-state index contributed by atoms with van der Waals surface area (Å²) in [6.45, 7) is 0. The molecular formula is C14H8BrFN4O2. The van der Waals surface area contributed by atoms with E-state index in [0.29, 0.717) is 21.2 Å². The summed E-state index contributed by atoms with van der Waals surface area (Å²) in [5.41, 5.74) is 0.664. The van der Waals surface area contributed by atoms with Gasteiger partial charge in [0.25, 0.3) is 5.69 Å². The molecule has 110 valence electrons. The van der Waals surface area contributed by atoms with Crippen LogP contribution in [-0.2, 0) is 0 Å². The second-order valence-electron chi connectivity index (χ2n) is 4.43. The van der Waals surface area contributed by atoms with E-state index in [9.17, 15) is 14.5 Å². The maximum atomic E-state index is 13.9. The minimum Gasteiger partial charge on any atom is -0.337 e. The van der Waals surface area contributed by atoms with Gasteiger partial charge in [-0.05, 0) is 24.3 Å². The van der Waals surface area contributed by atoms with E-state index in [-0.39, 0.29) is 11.4 Å². The van der Waals surface area contributed by atoms with Gasteiger partial charge in [-0.25, -0.2) is 14.4 Å². The maximum Gasteiger partial charge on any atom is 0.270 e. The van der Waals surface area contributed by atoms with Crippen molar-refractivity contribution in [1.82, 2.24) is 9.97 Å². The number of non-ortho nitro benzene ring substituents is 1. The van der Waals surface area contributed by atoms with Crippen LogP contribution in [0.2, 0.25) is 0 Å². The average molecular weight is 363 g/mol. The van der Waals surface area contributed by atoms with E-state index in [1.807, 2.05) is 0 Å². The quantitative estimate of drug-likeness (QED) is 0.558. The van der Waals surface area contributed by atoms with E-state index in [4.69, 9.17) is 0 Å². The Hall–Kier alpha value is -2.61. The summed E-state index contributed by atoms with van der Waals surface area (Å²) in [6, 6.07) is 8.78. The van der Waals surface area contributed by atoms with Crippen LogP contribution in [0.1, 0.15) is 0 Å². The molecule has 3 aromatic rings. The number of nitrogens with one attached hydrogen (secondary N) is 1. The van der Waals surface area contributed by atoms with Crippen LogP contribution in [0.4, 0.5) is 21.6 Å². The number of nitrogens with zero attached hydrogens (tertiary/aromatic N) is 3. The van der Waals surface area contributed by atoms with Gasteiger partial charge in [-0.2, -0.15) is 0 Å². The number of aromatic nitrogens is 2. The summed E-state index contributed by atoms with van der Waals surface area (Å²) in [6.07, 6.45) is 1.31. The van der Waals surface area contributed by atoms with E-state index >= 15 is 0 Å². The molecule has 3 rings (SSSR count). The monoisotopic (exact) mass is 362 g/mol. The third kappa shape index (κ3) is 2.73. The van der Waals surface area contributed by atoms with Crippen molar-refractivity contribution >= 4 is 44.0 Å². The van der Waals surface area contributed by atoms with E-state index < -0.39 is 10.7 Å². The second kappa shape index (κ2) is 5.64. The Balaban J connectivity index is 2.09. The molecule has 0 fully saturated rings. The molecule has 0 atom stereocenters. The largest absolute Gasteiger partial charge is 0.337 e. The second-order valence-corrected chi connectivity index (χ2v) is 5.35. The first kappa shape index (κ1) is 14.3. The van der Waals surface area contributed by atoms with Gasteiger partial charge in [0, 0.05) is 22.0 Å². The van der Waals surface area contributed by atoms with Crippen molar-refractivity contribution in [2.45, 2.75) is 0 Å². The minimum atomic E-state index is -0.504. The van der Waals surface area contributed by atoms with Gasteiger partial charge >= 0.3 is 0 Å². The van der Waals surface area contributed by atoms with Crippen LogP contribution < -0.4 is 5.32 Å². The highest BCUT2D eigenvalue weighted by atomic mass is 79.9. The van der Waals surface area contributed by atoms with Crippen LogP contribution in [0.3, 0.4) is 0 Å². The Bertz CT molecular complexity index is 888. The van der Waals surface area contributed by atoms with Crippen molar-refractivity contribution < 1.29 is 9.31 Å². The average Bonchev–Trinajstić information content (AvgIpc) is 2.49. The Morgan fingerprint density at radius 3 is 2.73 bits per heavy atom. The number of nitro benzene ring substituents is 1. The van der Waals surface area contributed by atoms with Gasteiger partial charge in [-0.15, -0.1) is 0 Å². The van der Waals surface area contributed by atoms with Gasteiger partial charge in [0.2, 0.25) is 0 Å². The predicted octanol–water partition coefficient (Wildman–Crippen LogP) is 4.18. The van der Waals surface area contributed by atoms with Crippen LogP contribution in [-0.4, -0.2) is 14.9 Å². The molecule has 0 saturated heterocycles. The first-order valence-electron chi connectivity index (χ1n) is 6.16. The van der Waals surface area contributed by atoms with Gasteiger partial charge in [0.1, 0.15) is 18.0 Å². The molecule has 0 aliphatic carbocycles. The van der Waals surface area contributed by atoms with E-state index in [2.05, 4.69) is 31.2 Å². The third-order valence-corrected chi connectivity index (χ3v) is 3.51. The van der Waals surface area contributed by atoms with Gasteiger partial charge in [0.05, 0.1) is 16.1 Å². The van der Waals surface area contributed by atoms with Crippen molar-refractivity contribution in [2.75, 3.05) is 5.32 Å². The van der Waals surface area contributed by atoms with E-state index in [1.54, 1.807) is 12.1 Å². The normalized spacial score (nSPS) is 10.6. The van der Waals surface area contributed by atoms with Gasteiger partial charge in [-0.3, -0.25) is 10.1 Å². The summed E-state index contributed by atoms with van der Waals surface area (Å²) in [5, 5.41) is 14.2. The van der Waals surface area contributed by atoms with Gasteiger partial charge in [-0.1, -0.05) is 15.9 Å². The lowest BCUT2D eigenvalue weighted by Crippen LogP contribution is -1.99. The molecule has 6 nitrogen and oxygen atoms in total. The lowest BCUT2D eigenvalue weighted by atomic mass is 10.2. The molecule has 0 amide bonds. The molecule has 1 N–H and O–H groups in total. The highest BCUT2D eigenvalue weighted by Gasteiger charge is 2.12. The van der Waals surface area contributed by atoms with Crippen LogP contribution in [0.15, 0.2) is 47.2 Å². The lowest BCUT2D eigenvalue weighted by molar-refractivity contribution is -0.384.